The van der Waals surface area contributed by atoms with E-state index in [0.29, 0.717) is 55.2 Å². The van der Waals surface area contributed by atoms with Crippen molar-refractivity contribution in [2.24, 2.45) is 35.2 Å². The topological polar surface area (TPSA) is 188 Å². The Bertz CT molecular complexity index is 1100. The van der Waals surface area contributed by atoms with E-state index >= 15 is 0 Å². The molecule has 0 saturated carbocycles. The minimum absolute atomic E-state index is 0.0333. The molecule has 7 N–H and O–H groups in total. The number of ketones is 1. The van der Waals surface area contributed by atoms with Crippen molar-refractivity contribution in [2.75, 3.05) is 20.1 Å². The van der Waals surface area contributed by atoms with Crippen LogP contribution in [0.3, 0.4) is 0 Å². The Morgan fingerprint density at radius 1 is 1.25 bits per heavy atom. The van der Waals surface area contributed by atoms with E-state index in [0.717, 1.165) is 5.82 Å². The lowest BCUT2D eigenvalue weighted by atomic mass is 9.94. The molecular weight excluding hydrogens is 482 g/mol. The van der Waals surface area contributed by atoms with Crippen LogP contribution in [0.2, 0.25) is 0 Å². The maximum absolute atomic E-state index is 13.2. The number of carbonyl (C=O) groups excluding carboxylic acids is 3. The summed E-state index contributed by atoms with van der Waals surface area (Å²) < 4.78 is 1.79. The van der Waals surface area contributed by atoms with Crippen molar-refractivity contribution >= 4 is 34.9 Å². The highest BCUT2D eigenvalue weighted by Crippen LogP contribution is 2.34. The average Bonchev–Trinajstić information content (AvgIpc) is 3.55. The van der Waals surface area contributed by atoms with Crippen LogP contribution in [-0.2, 0) is 11.8 Å². The number of imidazole rings is 1. The number of likely N-dealkylation sites (tertiary alicyclic amines) is 1. The number of guanidine groups is 1. The first-order valence-electron chi connectivity index (χ1n) is 11.9. The third kappa shape index (κ3) is 6.66. The Hall–Kier alpha value is -3.32. The molecule has 0 aliphatic carbocycles. The summed E-state index contributed by atoms with van der Waals surface area (Å²) in [4.78, 5) is 53.1. The molecule has 0 aromatic carbocycles. The molecule has 196 valence electrons. The molecule has 1 aliphatic heterocycles. The van der Waals surface area contributed by atoms with Crippen LogP contribution >= 0.6 is 11.3 Å². The van der Waals surface area contributed by atoms with Gasteiger partial charge in [-0.05, 0) is 26.2 Å². The van der Waals surface area contributed by atoms with Crippen molar-refractivity contribution in [3.05, 3.63) is 33.8 Å². The Labute approximate surface area is 214 Å². The first kappa shape index (κ1) is 27.3. The standard InChI is InChI=1S/C23H35N9O3S/c1-13-29-16(11-31(13)3)22(35)32-10-15(24)9-18(32)21-30-17(12-36-21)19(33)8-14(20(34)27-2)6-4-5-7-28-23(25)26/h11-12,14-15,18H,4-10,24H2,1-3H3,(H,27,34)(H4,25,26,28)/t14-,15-,18+/m1/s1. The summed E-state index contributed by atoms with van der Waals surface area (Å²) in [5.74, 6) is -0.313. The molecule has 0 bridgehead atoms. The molecule has 3 atom stereocenters. The normalized spacial score (nSPS) is 18.2. The van der Waals surface area contributed by atoms with E-state index in [-0.39, 0.29) is 42.1 Å². The van der Waals surface area contributed by atoms with Crippen molar-refractivity contribution < 1.29 is 14.4 Å². The molecule has 1 saturated heterocycles. The van der Waals surface area contributed by atoms with E-state index in [2.05, 4.69) is 20.3 Å². The lowest BCUT2D eigenvalue weighted by Crippen LogP contribution is -2.33. The van der Waals surface area contributed by atoms with Gasteiger partial charge in [-0.3, -0.25) is 19.4 Å². The highest BCUT2D eigenvalue weighted by molar-refractivity contribution is 7.09. The van der Waals surface area contributed by atoms with Gasteiger partial charge in [0.05, 0.1) is 6.04 Å². The molecule has 2 aromatic rings. The molecule has 3 heterocycles. The minimum Gasteiger partial charge on any atom is -0.370 e. The highest BCUT2D eigenvalue weighted by atomic mass is 32.1. The fourth-order valence-corrected chi connectivity index (χ4v) is 5.22. The first-order chi connectivity index (χ1) is 17.1. The van der Waals surface area contributed by atoms with E-state index in [4.69, 9.17) is 17.2 Å². The number of nitrogens with zero attached hydrogens (tertiary/aromatic N) is 5. The molecule has 1 fully saturated rings. The summed E-state index contributed by atoms with van der Waals surface area (Å²) in [5.41, 5.74) is 17.5. The predicted molar refractivity (Wildman–Crippen MR) is 137 cm³/mol. The Morgan fingerprint density at radius 2 is 2.00 bits per heavy atom. The highest BCUT2D eigenvalue weighted by Gasteiger charge is 2.38. The lowest BCUT2D eigenvalue weighted by molar-refractivity contribution is -0.124. The molecule has 2 aromatic heterocycles. The summed E-state index contributed by atoms with van der Waals surface area (Å²) in [5, 5.41) is 4.98. The predicted octanol–water partition coefficient (Wildman–Crippen LogP) is 0.478. The van der Waals surface area contributed by atoms with Crippen LogP contribution in [0.15, 0.2) is 16.6 Å². The number of hydrogen-bond donors (Lipinski definition) is 4. The van der Waals surface area contributed by atoms with Crippen LogP contribution in [0.1, 0.15) is 70.0 Å². The zero-order valence-electron chi connectivity index (χ0n) is 20.9. The molecule has 36 heavy (non-hydrogen) atoms. The Morgan fingerprint density at radius 3 is 2.64 bits per heavy atom. The van der Waals surface area contributed by atoms with Gasteiger partial charge in [0.1, 0.15) is 22.2 Å². The number of aromatic nitrogens is 3. The molecule has 13 heteroatoms. The molecule has 1 aliphatic rings. The molecule has 2 amide bonds. The number of amides is 2. The van der Waals surface area contributed by atoms with Crippen molar-refractivity contribution in [3.8, 4) is 0 Å². The molecule has 3 rings (SSSR count). The van der Waals surface area contributed by atoms with Crippen LogP contribution in [0.5, 0.6) is 0 Å². The van der Waals surface area contributed by atoms with Crippen molar-refractivity contribution in [3.63, 3.8) is 0 Å². The number of unbranched alkanes of at least 4 members (excludes halogenated alkanes) is 1. The van der Waals surface area contributed by atoms with Crippen molar-refractivity contribution in [1.82, 2.24) is 24.8 Å². The number of Topliss-reactive ketones (excluding diaryl/α,β-unsaturated/α-hetero) is 1. The van der Waals surface area contributed by atoms with Gasteiger partial charge < -0.3 is 32.0 Å². The SMILES string of the molecule is CNC(=O)[C@H](CCCCN=C(N)N)CC(=O)c1csc([C@@H]2C[C@@H](N)CN2C(=O)c2cn(C)c(C)n2)n1. The van der Waals surface area contributed by atoms with Crippen molar-refractivity contribution in [1.29, 1.82) is 0 Å². The second kappa shape index (κ2) is 12.1. The van der Waals surface area contributed by atoms with Gasteiger partial charge in [-0.25, -0.2) is 9.97 Å². The minimum atomic E-state index is -0.475. The number of nitrogens with one attached hydrogen (secondary N) is 1. The number of thiazole rings is 1. The molecule has 0 radical (unpaired) electrons. The number of hydrogen-bond acceptors (Lipinski definition) is 8. The van der Waals surface area contributed by atoms with Crippen LogP contribution in [0.4, 0.5) is 0 Å². The summed E-state index contributed by atoms with van der Waals surface area (Å²) >= 11 is 1.32. The first-order valence-corrected chi connectivity index (χ1v) is 12.8. The van der Waals surface area contributed by atoms with Crippen molar-refractivity contribution in [2.45, 2.75) is 51.1 Å². The number of aliphatic imine (C=N–C) groups is 1. The van der Waals surface area contributed by atoms with Gasteiger partial charge in [-0.2, -0.15) is 0 Å². The van der Waals surface area contributed by atoms with E-state index in [1.807, 2.05) is 14.0 Å². The maximum Gasteiger partial charge on any atom is 0.274 e. The molecular formula is C23H35N9O3S. The fraction of sp³-hybridized carbons (Fsp3) is 0.565. The maximum atomic E-state index is 13.2. The second-order valence-corrected chi connectivity index (χ2v) is 9.95. The Kier molecular flexibility index (Phi) is 9.15. The van der Waals surface area contributed by atoms with Gasteiger partial charge in [0, 0.05) is 57.1 Å². The molecule has 0 unspecified atom stereocenters. The number of carbonyl (C=O) groups is 3. The monoisotopic (exact) mass is 517 g/mol. The van der Waals surface area contributed by atoms with Gasteiger partial charge in [0.2, 0.25) is 5.91 Å². The molecule has 12 nitrogen and oxygen atoms in total. The van der Waals surface area contributed by atoms with E-state index in [1.54, 1.807) is 28.1 Å². The summed E-state index contributed by atoms with van der Waals surface area (Å²) in [6.45, 7) is 2.70. The third-order valence-electron chi connectivity index (χ3n) is 6.32. The van der Waals surface area contributed by atoms with Gasteiger partial charge in [-0.15, -0.1) is 11.3 Å². The quantitative estimate of drug-likeness (QED) is 0.143. The zero-order chi connectivity index (χ0) is 26.4. The van der Waals surface area contributed by atoms with Gasteiger partial charge in [-0.1, -0.05) is 6.42 Å². The average molecular weight is 518 g/mol. The summed E-state index contributed by atoms with van der Waals surface area (Å²) in [7, 11) is 3.39. The van der Waals surface area contributed by atoms with Crippen LogP contribution in [0, 0.1) is 12.8 Å². The smallest absolute Gasteiger partial charge is 0.274 e. The van der Waals surface area contributed by atoms with Crippen LogP contribution in [-0.4, -0.2) is 69.2 Å². The second-order valence-electron chi connectivity index (χ2n) is 9.07. The molecule has 0 spiro atoms. The summed E-state index contributed by atoms with van der Waals surface area (Å²) in [6.07, 6.45) is 4.24. The van der Waals surface area contributed by atoms with Crippen LogP contribution < -0.4 is 22.5 Å². The van der Waals surface area contributed by atoms with Gasteiger partial charge in [0.15, 0.2) is 11.7 Å². The third-order valence-corrected chi connectivity index (χ3v) is 7.26. The number of rotatable bonds is 11. The van der Waals surface area contributed by atoms with Gasteiger partial charge >= 0.3 is 0 Å². The number of aryl methyl sites for hydroxylation is 2. The zero-order valence-corrected chi connectivity index (χ0v) is 21.8. The summed E-state index contributed by atoms with van der Waals surface area (Å²) in [6, 6.07) is -0.518. The number of nitrogens with two attached hydrogens (primary N) is 3. The fourth-order valence-electron chi connectivity index (χ4n) is 4.27. The largest absolute Gasteiger partial charge is 0.370 e. The van der Waals surface area contributed by atoms with Gasteiger partial charge in [0.25, 0.3) is 5.91 Å². The van der Waals surface area contributed by atoms with E-state index in [1.165, 1.54) is 11.3 Å². The lowest BCUT2D eigenvalue weighted by Gasteiger charge is -2.22. The van der Waals surface area contributed by atoms with E-state index in [9.17, 15) is 14.4 Å². The Balaban J connectivity index is 1.67. The van der Waals surface area contributed by atoms with E-state index < -0.39 is 5.92 Å². The van der Waals surface area contributed by atoms with Crippen LogP contribution in [0.25, 0.3) is 0 Å².